The van der Waals surface area contributed by atoms with Gasteiger partial charge in [0.2, 0.25) is 5.91 Å². The number of likely N-dealkylation sites (tertiary alicyclic amines) is 4. The van der Waals surface area contributed by atoms with Crippen LogP contribution in [0.3, 0.4) is 0 Å². The zero-order chi connectivity index (χ0) is 28.7. The predicted octanol–water partition coefficient (Wildman–Crippen LogP) is 8.93. The molecule has 6 radical (unpaired) electrons. The third-order valence-electron chi connectivity index (χ3n) is 8.11. The van der Waals surface area contributed by atoms with E-state index in [0.717, 1.165) is 31.2 Å². The minimum Gasteiger partial charge on any atom is -0.379 e. The molecule has 6 aliphatic rings. The Balaban J connectivity index is -0.0000000342. The summed E-state index contributed by atoms with van der Waals surface area (Å²) < 4.78 is 5.15. The van der Waals surface area contributed by atoms with Gasteiger partial charge in [-0.15, -0.1) is 0 Å². The molecule has 0 spiro atoms. The molecule has 6 saturated heterocycles. The van der Waals surface area contributed by atoms with E-state index in [2.05, 4.69) is 61.5 Å². The first-order valence-corrected chi connectivity index (χ1v) is 17.4. The molecule has 1 amide bonds. The van der Waals surface area contributed by atoms with E-state index >= 15 is 0 Å². The molecule has 0 bridgehead atoms. The molecule has 0 aliphatic carbocycles. The van der Waals surface area contributed by atoms with Gasteiger partial charge in [-0.2, -0.15) is 11.8 Å². The number of piperidine rings is 2. The molecule has 2 atom stereocenters. The van der Waals surface area contributed by atoms with Crippen LogP contribution in [0, 0.1) is 44.6 Å². The van der Waals surface area contributed by atoms with Crippen LogP contribution in [0.15, 0.2) is 0 Å². The zero-order valence-corrected chi connectivity index (χ0v) is 44.8. The van der Waals surface area contributed by atoms with Gasteiger partial charge in [0.15, 0.2) is 0 Å². The molecule has 6 aliphatic heterocycles. The maximum absolute atomic E-state index is 10.5. The fourth-order valence-corrected chi connectivity index (χ4v) is 6.31. The Morgan fingerprint density at radius 2 is 0.882 bits per heavy atom. The third kappa shape index (κ3) is 55.3. The number of thioether (sulfide) groups is 1. The van der Waals surface area contributed by atoms with Gasteiger partial charge in [-0.25, -0.2) is 0 Å². The number of carbonyl (C=O) groups excluding carboxylic acids is 1. The van der Waals surface area contributed by atoms with Crippen molar-refractivity contribution in [1.29, 1.82) is 0 Å². The summed E-state index contributed by atoms with van der Waals surface area (Å²) >= 11 is 2.10. The van der Waals surface area contributed by atoms with Crippen LogP contribution >= 0.6 is 11.8 Å². The molecule has 13 heteroatoms. The van der Waals surface area contributed by atoms with Gasteiger partial charge < -0.3 is 68.9 Å². The number of rotatable bonds is 0. The van der Waals surface area contributed by atoms with Crippen LogP contribution in [-0.2, 0) is 121 Å². The molecule has 6 heterocycles. The Kier molecular flexibility index (Phi) is 101. The second-order valence-electron chi connectivity index (χ2n) is 12.3. The maximum Gasteiger partial charge on any atom is 0.222 e. The summed E-state index contributed by atoms with van der Waals surface area (Å²) in [6.45, 7) is 14.3. The number of ether oxygens (including phenoxy) is 1. The number of nitrogens with zero attached hydrogens (tertiary/aromatic N) is 4. The fraction of sp³-hybridized carbons (Fsp3) is 0.816. The predicted molar refractivity (Wildman–Crippen MR) is 211 cm³/mol. The molecule has 51 heavy (non-hydrogen) atoms. The van der Waals surface area contributed by atoms with Crippen molar-refractivity contribution in [3.05, 3.63) is 44.6 Å². The van der Waals surface area contributed by atoms with E-state index in [1.54, 1.807) is 4.90 Å². The molecule has 0 aromatic rings. The summed E-state index contributed by atoms with van der Waals surface area (Å²) in [7, 11) is 8.40. The van der Waals surface area contributed by atoms with Crippen molar-refractivity contribution in [2.45, 2.75) is 115 Å². The summed E-state index contributed by atoms with van der Waals surface area (Å²) in [4.78, 5) is 19.4. The average molecular weight is 967 g/mol. The summed E-state index contributed by atoms with van der Waals surface area (Å²) in [5.41, 5.74) is 0. The summed E-state index contributed by atoms with van der Waals surface area (Å²) in [6.07, 6.45) is 19.2. The van der Waals surface area contributed by atoms with E-state index in [-0.39, 0.29) is 156 Å². The van der Waals surface area contributed by atoms with Gasteiger partial charge in [0.25, 0.3) is 0 Å². The van der Waals surface area contributed by atoms with Crippen LogP contribution in [0.1, 0.15) is 104 Å². The van der Waals surface area contributed by atoms with Crippen molar-refractivity contribution in [1.82, 2.24) is 19.6 Å². The SMILES string of the molecule is CC1CCCO1.CC1CCCS1.CN1CCCC1.CN1CCCC1=O.CN1CCCCC1.CN1CCCCC1.[CH3-].[CH3-].[CH3-].[CH3-].[CH3-].[CH3-].[V].[V].[V].[V].[V].[V]. The van der Waals surface area contributed by atoms with Crippen LogP contribution in [0.2, 0.25) is 0 Å². The zero-order valence-electron chi connectivity index (χ0n) is 35.6. The topological polar surface area (TPSA) is 39.3 Å². The number of hydrogen-bond acceptors (Lipinski definition) is 6. The minimum atomic E-state index is 0. The quantitative estimate of drug-likeness (QED) is 0.226. The van der Waals surface area contributed by atoms with E-state index in [9.17, 15) is 4.79 Å². The van der Waals surface area contributed by atoms with Crippen LogP contribution in [0.4, 0.5) is 0 Å². The Bertz CT molecular complexity index is 531. The molecule has 0 N–H and O–H groups in total. The molecule has 0 aromatic carbocycles. The first-order chi connectivity index (χ1) is 18.8. The Morgan fingerprint density at radius 3 is 0.980 bits per heavy atom. The van der Waals surface area contributed by atoms with E-state index in [4.69, 9.17) is 4.74 Å². The summed E-state index contributed by atoms with van der Waals surface area (Å²) in [5, 5.41) is 0.963. The molecule has 6 rings (SSSR count). The normalized spacial score (nSPS) is 21.0. The summed E-state index contributed by atoms with van der Waals surface area (Å²) in [6, 6.07) is 0. The van der Waals surface area contributed by atoms with Gasteiger partial charge in [-0.1, -0.05) is 19.8 Å². The van der Waals surface area contributed by atoms with E-state index in [0.29, 0.717) is 12.0 Å². The molecule has 6 nitrogen and oxygen atoms in total. The van der Waals surface area contributed by atoms with Crippen molar-refractivity contribution in [3.8, 4) is 0 Å². The molecular formula is C38H84N4O2SV6-6. The van der Waals surface area contributed by atoms with Crippen molar-refractivity contribution >= 4 is 17.7 Å². The van der Waals surface area contributed by atoms with E-state index < -0.39 is 0 Å². The van der Waals surface area contributed by atoms with Crippen LogP contribution in [0.5, 0.6) is 0 Å². The first kappa shape index (κ1) is 86.1. The fourth-order valence-electron chi connectivity index (χ4n) is 5.24. The second-order valence-corrected chi connectivity index (χ2v) is 13.9. The Labute approximate surface area is 400 Å². The molecule has 0 aromatic heterocycles. The molecule has 6 fully saturated rings. The Morgan fingerprint density at radius 1 is 0.510 bits per heavy atom. The standard InChI is InChI=1S/2C6H13N.C5H9NO.C5H11N.C5H10O.C5H10S.6CH3.6V/c2*1-7-5-3-2-4-6-7;1-6-4-2-3-5(6)7;1-6-4-2-3-5-6;2*1-5-3-2-4-6-5;;;;;;;;;;;;/h2*2-6H2,1H3;2-4H2,1H3;2-5H2,1H3;2*5H,2-4H2,1H3;6*1H3;;;;;;/q;;;;;;6*-1;;;;;;. The molecule has 2 unspecified atom stereocenters. The van der Waals surface area contributed by atoms with Crippen LogP contribution in [0.25, 0.3) is 0 Å². The smallest absolute Gasteiger partial charge is 0.222 e. The first-order valence-electron chi connectivity index (χ1n) is 16.3. The van der Waals surface area contributed by atoms with Crippen molar-refractivity contribution < 1.29 is 121 Å². The van der Waals surface area contributed by atoms with Crippen LogP contribution < -0.4 is 0 Å². The molecule has 310 valence electrons. The number of amides is 1. The molecular weight excluding hydrogens is 882 g/mol. The van der Waals surface area contributed by atoms with Gasteiger partial charge in [0.1, 0.15) is 0 Å². The maximum atomic E-state index is 10.5. The van der Waals surface area contributed by atoms with Gasteiger partial charge in [-0.3, -0.25) is 4.79 Å². The van der Waals surface area contributed by atoms with Crippen molar-refractivity contribution in [3.63, 3.8) is 0 Å². The van der Waals surface area contributed by atoms with Crippen LogP contribution in [-0.4, -0.2) is 123 Å². The van der Waals surface area contributed by atoms with Crippen molar-refractivity contribution in [2.75, 3.05) is 86.4 Å². The average Bonchev–Trinajstić information content (AvgIpc) is 3.76. The van der Waals surface area contributed by atoms with Gasteiger partial charge in [0.05, 0.1) is 6.10 Å². The summed E-state index contributed by atoms with van der Waals surface area (Å²) in [5.74, 6) is 1.70. The monoisotopic (exact) mass is 966 g/mol. The molecule has 0 saturated carbocycles. The number of carbonyl (C=O) groups is 1. The van der Waals surface area contributed by atoms with E-state index in [1.165, 1.54) is 122 Å². The number of hydrogen-bond donors (Lipinski definition) is 0. The second kappa shape index (κ2) is 59.9. The van der Waals surface area contributed by atoms with Gasteiger partial charge >= 0.3 is 0 Å². The van der Waals surface area contributed by atoms with E-state index in [1.807, 2.05) is 7.05 Å². The van der Waals surface area contributed by atoms with Crippen molar-refractivity contribution in [2.24, 2.45) is 0 Å². The van der Waals surface area contributed by atoms with Gasteiger partial charge in [-0.05, 0) is 144 Å². The third-order valence-corrected chi connectivity index (χ3v) is 9.44. The van der Waals surface area contributed by atoms with Gasteiger partial charge in [0, 0.05) is 143 Å². The Hall–Kier alpha value is 3.17. The minimum absolute atomic E-state index is 0. The largest absolute Gasteiger partial charge is 0.379 e.